The van der Waals surface area contributed by atoms with Crippen molar-refractivity contribution in [3.8, 4) is 11.4 Å². The summed E-state index contributed by atoms with van der Waals surface area (Å²) in [5, 5.41) is 3.66. The fraction of sp³-hybridized carbons (Fsp3) is 0.471. The van der Waals surface area contributed by atoms with Crippen molar-refractivity contribution >= 4 is 0 Å². The van der Waals surface area contributed by atoms with Crippen molar-refractivity contribution in [3.05, 3.63) is 42.7 Å². The third-order valence-corrected chi connectivity index (χ3v) is 4.04. The number of aromatic nitrogens is 2. The quantitative estimate of drug-likeness (QED) is 0.918. The van der Waals surface area contributed by atoms with E-state index in [-0.39, 0.29) is 0 Å². The van der Waals surface area contributed by atoms with Gasteiger partial charge in [0.2, 0.25) is 0 Å². The van der Waals surface area contributed by atoms with Gasteiger partial charge in [-0.3, -0.25) is 0 Å². The standard InChI is InChI=1S/C17H23N3O/c1-2-9-18-15-8-12-21-13-16(15)20-11-10-19-17(20)14-6-4-3-5-7-14/h3-7,10-11,15-16,18H,2,8-9,12-13H2,1H3. The second kappa shape index (κ2) is 6.87. The lowest BCUT2D eigenvalue weighted by Crippen LogP contribution is -2.44. The third-order valence-electron chi connectivity index (χ3n) is 4.04. The molecule has 1 aliphatic heterocycles. The summed E-state index contributed by atoms with van der Waals surface area (Å²) in [6, 6.07) is 11.1. The van der Waals surface area contributed by atoms with Crippen LogP contribution in [0.5, 0.6) is 0 Å². The molecule has 21 heavy (non-hydrogen) atoms. The van der Waals surface area contributed by atoms with Gasteiger partial charge < -0.3 is 14.6 Å². The Balaban J connectivity index is 1.87. The Kier molecular flexibility index (Phi) is 4.68. The van der Waals surface area contributed by atoms with Gasteiger partial charge in [-0.1, -0.05) is 37.3 Å². The maximum Gasteiger partial charge on any atom is 0.140 e. The maximum atomic E-state index is 5.72. The van der Waals surface area contributed by atoms with Crippen molar-refractivity contribution in [1.82, 2.24) is 14.9 Å². The lowest BCUT2D eigenvalue weighted by molar-refractivity contribution is 0.0377. The lowest BCUT2D eigenvalue weighted by Gasteiger charge is -2.34. The van der Waals surface area contributed by atoms with E-state index in [0.29, 0.717) is 12.1 Å². The number of nitrogens with zero attached hydrogens (tertiary/aromatic N) is 2. The lowest BCUT2D eigenvalue weighted by atomic mass is 10.0. The van der Waals surface area contributed by atoms with Crippen molar-refractivity contribution in [2.24, 2.45) is 0 Å². The van der Waals surface area contributed by atoms with Gasteiger partial charge in [0.1, 0.15) is 5.82 Å². The first-order valence-corrected chi connectivity index (χ1v) is 7.79. The van der Waals surface area contributed by atoms with Crippen LogP contribution >= 0.6 is 0 Å². The molecule has 4 heteroatoms. The van der Waals surface area contributed by atoms with Gasteiger partial charge in [-0.2, -0.15) is 0 Å². The average Bonchev–Trinajstić information content (AvgIpc) is 3.03. The first-order valence-electron chi connectivity index (χ1n) is 7.79. The minimum absolute atomic E-state index is 0.308. The van der Waals surface area contributed by atoms with Gasteiger partial charge in [0, 0.05) is 30.6 Å². The van der Waals surface area contributed by atoms with Gasteiger partial charge in [0.25, 0.3) is 0 Å². The van der Waals surface area contributed by atoms with Gasteiger partial charge in [0.05, 0.1) is 12.6 Å². The minimum atomic E-state index is 0.308. The van der Waals surface area contributed by atoms with Gasteiger partial charge in [-0.05, 0) is 19.4 Å². The molecule has 2 aromatic rings. The SMILES string of the molecule is CCCNC1CCOCC1n1ccnc1-c1ccccc1. The molecule has 0 radical (unpaired) electrons. The largest absolute Gasteiger partial charge is 0.379 e. The Morgan fingerprint density at radius 1 is 1.33 bits per heavy atom. The van der Waals surface area contributed by atoms with E-state index in [1.54, 1.807) is 0 Å². The molecule has 1 saturated heterocycles. The predicted octanol–water partition coefficient (Wildman–Crippen LogP) is 2.88. The fourth-order valence-corrected chi connectivity index (χ4v) is 2.96. The summed E-state index contributed by atoms with van der Waals surface area (Å²) in [6.07, 6.45) is 6.16. The van der Waals surface area contributed by atoms with Crippen molar-refractivity contribution in [2.75, 3.05) is 19.8 Å². The highest BCUT2D eigenvalue weighted by molar-refractivity contribution is 5.55. The topological polar surface area (TPSA) is 39.1 Å². The summed E-state index contributed by atoms with van der Waals surface area (Å²) < 4.78 is 7.98. The molecule has 0 saturated carbocycles. The van der Waals surface area contributed by atoms with Crippen LogP contribution in [-0.4, -0.2) is 35.4 Å². The molecule has 0 amide bonds. The highest BCUT2D eigenvalue weighted by atomic mass is 16.5. The van der Waals surface area contributed by atoms with Crippen molar-refractivity contribution in [2.45, 2.75) is 31.8 Å². The second-order valence-corrected chi connectivity index (χ2v) is 5.52. The van der Waals surface area contributed by atoms with Gasteiger partial charge in [-0.25, -0.2) is 4.98 Å². The number of benzene rings is 1. The van der Waals surface area contributed by atoms with E-state index in [1.807, 2.05) is 12.3 Å². The van der Waals surface area contributed by atoms with E-state index in [2.05, 4.69) is 52.3 Å². The molecule has 1 aliphatic rings. The zero-order chi connectivity index (χ0) is 14.5. The van der Waals surface area contributed by atoms with E-state index in [4.69, 9.17) is 4.74 Å². The first kappa shape index (κ1) is 14.3. The van der Waals surface area contributed by atoms with Crippen LogP contribution in [0, 0.1) is 0 Å². The maximum absolute atomic E-state index is 5.72. The highest BCUT2D eigenvalue weighted by Gasteiger charge is 2.28. The normalized spacial score (nSPS) is 22.3. The molecule has 0 spiro atoms. The Bertz CT molecular complexity index is 552. The Morgan fingerprint density at radius 3 is 3.00 bits per heavy atom. The molecule has 0 aliphatic carbocycles. The van der Waals surface area contributed by atoms with Crippen LogP contribution in [0.2, 0.25) is 0 Å². The van der Waals surface area contributed by atoms with Crippen LogP contribution in [0.25, 0.3) is 11.4 Å². The second-order valence-electron chi connectivity index (χ2n) is 5.52. The molecule has 4 nitrogen and oxygen atoms in total. The molecule has 112 valence electrons. The van der Waals surface area contributed by atoms with E-state index in [1.165, 1.54) is 0 Å². The molecular formula is C17H23N3O. The van der Waals surface area contributed by atoms with Crippen LogP contribution in [0.1, 0.15) is 25.8 Å². The third kappa shape index (κ3) is 3.17. The average molecular weight is 285 g/mol. The van der Waals surface area contributed by atoms with E-state index in [0.717, 1.165) is 44.0 Å². The molecule has 1 aromatic carbocycles. The molecule has 0 bridgehead atoms. The number of hydrogen-bond acceptors (Lipinski definition) is 3. The molecule has 1 N–H and O–H groups in total. The monoisotopic (exact) mass is 285 g/mol. The van der Waals surface area contributed by atoms with Crippen molar-refractivity contribution in [3.63, 3.8) is 0 Å². The number of imidazole rings is 1. The Morgan fingerprint density at radius 2 is 2.19 bits per heavy atom. The number of hydrogen-bond donors (Lipinski definition) is 1. The van der Waals surface area contributed by atoms with E-state index in [9.17, 15) is 0 Å². The van der Waals surface area contributed by atoms with Gasteiger partial charge in [0.15, 0.2) is 0 Å². The Labute approximate surface area is 126 Å². The predicted molar refractivity (Wildman–Crippen MR) is 84.2 cm³/mol. The molecule has 1 aromatic heterocycles. The summed E-state index contributed by atoms with van der Waals surface area (Å²) in [4.78, 5) is 4.56. The molecule has 2 atom stereocenters. The van der Waals surface area contributed by atoms with Crippen molar-refractivity contribution in [1.29, 1.82) is 0 Å². The first-order chi connectivity index (χ1) is 10.4. The molecule has 2 unspecified atom stereocenters. The summed E-state index contributed by atoms with van der Waals surface area (Å²) in [7, 11) is 0. The minimum Gasteiger partial charge on any atom is -0.379 e. The Hall–Kier alpha value is -1.65. The van der Waals surface area contributed by atoms with Crippen LogP contribution in [0.3, 0.4) is 0 Å². The number of rotatable bonds is 5. The summed E-state index contributed by atoms with van der Waals surface area (Å²) in [6.45, 7) is 4.84. The van der Waals surface area contributed by atoms with E-state index < -0.39 is 0 Å². The van der Waals surface area contributed by atoms with Crippen LogP contribution in [0.15, 0.2) is 42.7 Å². The summed E-state index contributed by atoms with van der Waals surface area (Å²) >= 11 is 0. The van der Waals surface area contributed by atoms with Crippen LogP contribution in [0.4, 0.5) is 0 Å². The number of nitrogens with one attached hydrogen (secondary N) is 1. The molecular weight excluding hydrogens is 262 g/mol. The van der Waals surface area contributed by atoms with Crippen LogP contribution in [-0.2, 0) is 4.74 Å². The molecule has 3 rings (SSSR count). The van der Waals surface area contributed by atoms with Crippen molar-refractivity contribution < 1.29 is 4.74 Å². The molecule has 2 heterocycles. The fourth-order valence-electron chi connectivity index (χ4n) is 2.96. The van der Waals surface area contributed by atoms with Crippen LogP contribution < -0.4 is 5.32 Å². The van der Waals surface area contributed by atoms with Gasteiger partial charge >= 0.3 is 0 Å². The highest BCUT2D eigenvalue weighted by Crippen LogP contribution is 2.26. The zero-order valence-corrected chi connectivity index (χ0v) is 12.5. The smallest absolute Gasteiger partial charge is 0.140 e. The van der Waals surface area contributed by atoms with Gasteiger partial charge in [-0.15, -0.1) is 0 Å². The zero-order valence-electron chi connectivity index (χ0n) is 12.5. The van der Waals surface area contributed by atoms with E-state index >= 15 is 0 Å². The molecule has 1 fully saturated rings. The summed E-state index contributed by atoms with van der Waals surface area (Å²) in [5.74, 6) is 1.02. The summed E-state index contributed by atoms with van der Waals surface area (Å²) in [5.41, 5.74) is 1.15. The number of ether oxygens (including phenoxy) is 1.